The normalized spacial score (nSPS) is 11.8. The molecular weight excluding hydrogens is 452 g/mol. The number of rotatable bonds is 11. The van der Waals surface area contributed by atoms with Crippen LogP contribution in [0.25, 0.3) is 11.3 Å². The molecule has 1 heterocycles. The number of hydrogen-bond acceptors (Lipinski definition) is 8. The van der Waals surface area contributed by atoms with Gasteiger partial charge in [0.1, 0.15) is 12.4 Å². The molecule has 0 aliphatic carbocycles. The van der Waals surface area contributed by atoms with Crippen molar-refractivity contribution in [3.63, 3.8) is 0 Å². The zero-order valence-corrected chi connectivity index (χ0v) is 20.6. The van der Waals surface area contributed by atoms with E-state index in [4.69, 9.17) is 19.8 Å². The predicted molar refractivity (Wildman–Crippen MR) is 135 cm³/mol. The number of ether oxygens (including phenoxy) is 1. The predicted octanol–water partition coefficient (Wildman–Crippen LogP) is 5.26. The van der Waals surface area contributed by atoms with Crippen molar-refractivity contribution in [2.24, 2.45) is 11.7 Å². The van der Waals surface area contributed by atoms with Crippen LogP contribution in [-0.4, -0.2) is 33.7 Å². The van der Waals surface area contributed by atoms with Gasteiger partial charge in [0, 0.05) is 17.7 Å². The van der Waals surface area contributed by atoms with E-state index in [1.807, 2.05) is 38.1 Å². The summed E-state index contributed by atoms with van der Waals surface area (Å²) < 4.78 is 14.5. The zero-order valence-electron chi connectivity index (χ0n) is 19.7. The Morgan fingerprint density at radius 1 is 1.12 bits per heavy atom. The fourth-order valence-corrected chi connectivity index (χ4v) is 3.95. The van der Waals surface area contributed by atoms with Crippen molar-refractivity contribution in [3.8, 4) is 22.9 Å². The van der Waals surface area contributed by atoms with E-state index in [9.17, 15) is 4.79 Å². The molecule has 0 bridgehead atoms. The minimum Gasteiger partial charge on any atom is -0.478 e. The number of anilines is 1. The maximum atomic E-state index is 11.2. The van der Waals surface area contributed by atoms with Gasteiger partial charge in [-0.2, -0.15) is 4.98 Å². The molecule has 3 aromatic rings. The van der Waals surface area contributed by atoms with E-state index in [-0.39, 0.29) is 11.6 Å². The molecule has 0 aliphatic rings. The topological polar surface area (TPSA) is 120 Å². The second-order valence-electron chi connectivity index (χ2n) is 8.48. The third-order valence-electron chi connectivity index (χ3n) is 5.01. The number of aromatic carboxylic acids is 1. The lowest BCUT2D eigenvalue weighted by Crippen LogP contribution is -2.29. The second-order valence-corrected chi connectivity index (χ2v) is 9.02. The Labute approximate surface area is 204 Å². The Hall–Kier alpha value is -3.30. The fourth-order valence-electron chi connectivity index (χ4n) is 3.54. The molecule has 1 atom stereocenters. The maximum Gasteiger partial charge on any atom is 0.335 e. The summed E-state index contributed by atoms with van der Waals surface area (Å²) in [5.74, 6) is 0.541. The highest BCUT2D eigenvalue weighted by Gasteiger charge is 2.14. The van der Waals surface area contributed by atoms with Crippen LogP contribution in [0, 0.1) is 19.8 Å². The van der Waals surface area contributed by atoms with Crippen molar-refractivity contribution >= 4 is 24.1 Å². The van der Waals surface area contributed by atoms with Crippen LogP contribution in [0.1, 0.15) is 41.8 Å². The summed E-state index contributed by atoms with van der Waals surface area (Å²) in [5, 5.41) is 9.14. The molecular formula is C25H30N4O4S. The van der Waals surface area contributed by atoms with Crippen LogP contribution >= 0.6 is 12.2 Å². The molecule has 0 saturated heterocycles. The molecule has 4 N–H and O–H groups in total. The van der Waals surface area contributed by atoms with Crippen molar-refractivity contribution in [2.75, 3.05) is 11.3 Å². The Bertz CT molecular complexity index is 1120. The third kappa shape index (κ3) is 7.10. The third-order valence-corrected chi connectivity index (χ3v) is 5.55. The molecule has 34 heavy (non-hydrogen) atoms. The van der Waals surface area contributed by atoms with E-state index in [1.54, 1.807) is 12.1 Å². The van der Waals surface area contributed by atoms with E-state index < -0.39 is 5.97 Å². The molecule has 3 rings (SSSR count). The van der Waals surface area contributed by atoms with Crippen LogP contribution in [0.15, 0.2) is 48.5 Å². The van der Waals surface area contributed by atoms with Crippen molar-refractivity contribution < 1.29 is 18.8 Å². The van der Waals surface area contributed by atoms with Crippen LogP contribution in [-0.2, 0) is 0 Å². The van der Waals surface area contributed by atoms with Gasteiger partial charge in [-0.25, -0.2) is 9.78 Å². The van der Waals surface area contributed by atoms with Crippen molar-refractivity contribution in [2.45, 2.75) is 40.2 Å². The lowest BCUT2D eigenvalue weighted by atomic mass is 10.00. The number of nitrogens with one attached hydrogen (secondary N) is 1. The Kier molecular flexibility index (Phi) is 8.72. The van der Waals surface area contributed by atoms with Crippen LogP contribution < -0.4 is 19.4 Å². The first-order chi connectivity index (χ1) is 16.2. The highest BCUT2D eigenvalue weighted by Crippen LogP contribution is 2.29. The summed E-state index contributed by atoms with van der Waals surface area (Å²) in [4.78, 5) is 20.3. The van der Waals surface area contributed by atoms with E-state index in [0.29, 0.717) is 35.8 Å². The molecule has 0 aliphatic heterocycles. The molecule has 0 saturated carbocycles. The Morgan fingerprint density at radius 2 is 1.82 bits per heavy atom. The first-order valence-corrected chi connectivity index (χ1v) is 11.7. The lowest BCUT2D eigenvalue weighted by molar-refractivity contribution is 0.0696. The number of benzene rings is 2. The molecule has 1 aromatic heterocycles. The van der Waals surface area contributed by atoms with E-state index >= 15 is 0 Å². The average Bonchev–Trinajstić information content (AvgIpc) is 2.77. The van der Waals surface area contributed by atoms with Gasteiger partial charge in [0.25, 0.3) is 0 Å². The van der Waals surface area contributed by atoms with Gasteiger partial charge in [-0.3, -0.25) is 4.72 Å². The molecule has 0 spiro atoms. The van der Waals surface area contributed by atoms with Gasteiger partial charge >= 0.3 is 5.97 Å². The number of hydrogen-bond donors (Lipinski definition) is 3. The molecule has 2 aromatic carbocycles. The molecule has 8 nitrogen and oxygen atoms in total. The second kappa shape index (κ2) is 11.7. The minimum atomic E-state index is -1.02. The van der Waals surface area contributed by atoms with Gasteiger partial charge in [-0.05, 0) is 55.5 Å². The van der Waals surface area contributed by atoms with Gasteiger partial charge in [-0.1, -0.05) is 38.1 Å². The van der Waals surface area contributed by atoms with E-state index in [2.05, 4.69) is 28.5 Å². The first-order valence-electron chi connectivity index (χ1n) is 11.0. The van der Waals surface area contributed by atoms with Crippen LogP contribution in [0.2, 0.25) is 0 Å². The van der Waals surface area contributed by atoms with Crippen molar-refractivity contribution in [3.05, 3.63) is 65.2 Å². The Balaban J connectivity index is 1.80. The minimum absolute atomic E-state index is 0.103. The summed E-state index contributed by atoms with van der Waals surface area (Å²) in [5.41, 5.74) is 10.2. The van der Waals surface area contributed by atoms with Crippen molar-refractivity contribution in [1.29, 1.82) is 0 Å². The fraction of sp³-hybridized carbons (Fsp3) is 0.320. The number of carboxylic acids is 1. The van der Waals surface area contributed by atoms with Gasteiger partial charge in [0.15, 0.2) is 12.2 Å². The van der Waals surface area contributed by atoms with Crippen LogP contribution in [0.3, 0.4) is 0 Å². The number of nitrogens with two attached hydrogens (primary N) is 1. The summed E-state index contributed by atoms with van der Waals surface area (Å²) in [7, 11) is 0. The summed E-state index contributed by atoms with van der Waals surface area (Å²) in [6, 6.07) is 14.0. The summed E-state index contributed by atoms with van der Waals surface area (Å²) in [6.45, 7) is 8.64. The quantitative estimate of drug-likeness (QED) is 0.248. The highest BCUT2D eigenvalue weighted by atomic mass is 32.2. The van der Waals surface area contributed by atoms with E-state index in [0.717, 1.165) is 35.3 Å². The Morgan fingerprint density at radius 3 is 2.50 bits per heavy atom. The number of carbonyl (C=O) groups is 1. The van der Waals surface area contributed by atoms with Crippen LogP contribution in [0.4, 0.5) is 5.95 Å². The largest absolute Gasteiger partial charge is 0.478 e. The first kappa shape index (κ1) is 25.3. The number of aromatic nitrogens is 2. The zero-order chi connectivity index (χ0) is 24.7. The SMILES string of the molecule is Cc1cccc(C)c1-c1cc(OCC(N)CC(C)C)nc(NSOc2cccc(C(=O)O)c2)n1. The van der Waals surface area contributed by atoms with Gasteiger partial charge in [0.2, 0.25) is 11.8 Å². The summed E-state index contributed by atoms with van der Waals surface area (Å²) in [6.07, 6.45) is 0.846. The smallest absolute Gasteiger partial charge is 0.335 e. The number of aryl methyl sites for hydroxylation is 2. The van der Waals surface area contributed by atoms with E-state index in [1.165, 1.54) is 12.1 Å². The molecule has 0 amide bonds. The highest BCUT2D eigenvalue weighted by molar-refractivity contribution is 7.96. The molecule has 180 valence electrons. The van der Waals surface area contributed by atoms with Gasteiger partial charge in [0.05, 0.1) is 11.3 Å². The molecule has 0 fully saturated rings. The van der Waals surface area contributed by atoms with Crippen LogP contribution in [0.5, 0.6) is 11.6 Å². The maximum absolute atomic E-state index is 11.2. The van der Waals surface area contributed by atoms with Gasteiger partial charge < -0.3 is 19.8 Å². The molecule has 0 radical (unpaired) electrons. The molecule has 1 unspecified atom stereocenters. The molecule has 9 heteroatoms. The average molecular weight is 483 g/mol. The number of nitrogens with zero attached hydrogens (tertiary/aromatic N) is 2. The lowest BCUT2D eigenvalue weighted by Gasteiger charge is -2.16. The standard InChI is InChI=1S/C25H30N4O4S/c1-15(2)11-19(26)14-32-22-13-21(23-16(3)7-5-8-17(23)4)27-25(28-22)29-34-33-20-10-6-9-18(12-20)24(30)31/h5-10,12-13,15,19H,11,14,26H2,1-4H3,(H,30,31)(H,27,28,29). The monoisotopic (exact) mass is 482 g/mol. The summed E-state index contributed by atoms with van der Waals surface area (Å²) >= 11 is 0.885. The van der Waals surface area contributed by atoms with Crippen molar-refractivity contribution in [1.82, 2.24) is 9.97 Å². The van der Waals surface area contributed by atoms with Gasteiger partial charge in [-0.15, -0.1) is 0 Å². The number of carboxylic acid groups (broad SMARTS) is 1.